The Bertz CT molecular complexity index is 500. The van der Waals surface area contributed by atoms with E-state index < -0.39 is 18.3 Å². The number of carbonyl (C=O) groups is 1. The van der Waals surface area contributed by atoms with E-state index in [1.807, 2.05) is 20.8 Å². The van der Waals surface area contributed by atoms with Crippen molar-refractivity contribution in [3.8, 4) is 0 Å². The van der Waals surface area contributed by atoms with Gasteiger partial charge in [0.05, 0.1) is 0 Å². The lowest BCUT2D eigenvalue weighted by atomic mass is 10.1. The van der Waals surface area contributed by atoms with Crippen molar-refractivity contribution in [1.82, 2.24) is 10.6 Å². The van der Waals surface area contributed by atoms with Gasteiger partial charge in [-0.05, 0) is 64.8 Å². The summed E-state index contributed by atoms with van der Waals surface area (Å²) in [6, 6.07) is 6.45. The molecular formula is C18H29FN2O3. The third-order valence-electron chi connectivity index (χ3n) is 3.40. The molecular weight excluding hydrogens is 311 g/mol. The molecule has 0 saturated carbocycles. The second-order valence-electron chi connectivity index (χ2n) is 6.99. The number of alkyl carbamates (subject to hydrolysis) is 1. The van der Waals surface area contributed by atoms with Crippen molar-refractivity contribution in [2.24, 2.45) is 0 Å². The number of rotatable bonds is 8. The van der Waals surface area contributed by atoms with Gasteiger partial charge in [0.1, 0.15) is 18.0 Å². The van der Waals surface area contributed by atoms with Gasteiger partial charge >= 0.3 is 6.09 Å². The summed E-state index contributed by atoms with van der Waals surface area (Å²) < 4.78 is 17.9. The molecule has 3 N–H and O–H groups in total. The van der Waals surface area contributed by atoms with Crippen LogP contribution >= 0.6 is 0 Å². The van der Waals surface area contributed by atoms with Crippen LogP contribution in [0.15, 0.2) is 24.3 Å². The Balaban J connectivity index is 2.17. The average Bonchev–Trinajstić information content (AvgIpc) is 2.46. The van der Waals surface area contributed by atoms with E-state index in [-0.39, 0.29) is 11.4 Å². The van der Waals surface area contributed by atoms with Crippen LogP contribution in [0.3, 0.4) is 0 Å². The molecule has 1 amide bonds. The molecule has 0 aliphatic rings. The number of amides is 1. The third-order valence-corrected chi connectivity index (χ3v) is 3.40. The smallest absolute Gasteiger partial charge is 0.407 e. The number of nitrogens with one attached hydrogen (secondary N) is 2. The standard InChI is InChI=1S/C18H29FN2O3/c1-13(24-17(23)21-18(2,3)4)16(22)12-20-11-5-6-14-7-9-15(19)10-8-14/h7-10,13,16,20,22H,5-6,11-12H2,1-4H3,(H,21,23)/t13-,16+/m1/s1. The van der Waals surface area contributed by atoms with Gasteiger partial charge in [0.15, 0.2) is 0 Å². The highest BCUT2D eigenvalue weighted by Crippen LogP contribution is 2.06. The fourth-order valence-corrected chi connectivity index (χ4v) is 2.07. The Morgan fingerprint density at radius 2 is 1.92 bits per heavy atom. The molecule has 0 spiro atoms. The first kappa shape index (κ1) is 20.4. The number of hydrogen-bond donors (Lipinski definition) is 3. The zero-order chi connectivity index (χ0) is 18.2. The topological polar surface area (TPSA) is 70.6 Å². The number of halogens is 1. The minimum Gasteiger partial charge on any atom is -0.444 e. The SMILES string of the molecule is C[C@@H](OC(=O)NC(C)(C)C)[C@@H](O)CNCCCc1ccc(F)cc1. The number of aryl methyl sites for hydroxylation is 1. The van der Waals surface area contributed by atoms with Gasteiger partial charge in [0, 0.05) is 12.1 Å². The van der Waals surface area contributed by atoms with Crippen LogP contribution in [0, 0.1) is 5.82 Å². The van der Waals surface area contributed by atoms with E-state index in [4.69, 9.17) is 4.74 Å². The Labute approximate surface area is 143 Å². The van der Waals surface area contributed by atoms with Gasteiger partial charge in [-0.15, -0.1) is 0 Å². The van der Waals surface area contributed by atoms with Gasteiger partial charge in [0.2, 0.25) is 0 Å². The van der Waals surface area contributed by atoms with Crippen LogP contribution in [-0.2, 0) is 11.2 Å². The van der Waals surface area contributed by atoms with Crippen molar-refractivity contribution in [2.45, 2.75) is 58.3 Å². The summed E-state index contributed by atoms with van der Waals surface area (Å²) in [4.78, 5) is 11.6. The maximum Gasteiger partial charge on any atom is 0.407 e. The highest BCUT2D eigenvalue weighted by atomic mass is 19.1. The Morgan fingerprint density at radius 1 is 1.29 bits per heavy atom. The predicted octanol–water partition coefficient (Wildman–Crippen LogP) is 2.62. The lowest BCUT2D eigenvalue weighted by molar-refractivity contribution is 0.0113. The Kier molecular flexibility index (Phi) is 8.15. The van der Waals surface area contributed by atoms with E-state index in [1.54, 1.807) is 19.1 Å². The van der Waals surface area contributed by atoms with Crippen molar-refractivity contribution < 1.29 is 19.0 Å². The molecule has 0 fully saturated rings. The highest BCUT2D eigenvalue weighted by Gasteiger charge is 2.21. The summed E-state index contributed by atoms with van der Waals surface area (Å²) >= 11 is 0. The second kappa shape index (κ2) is 9.59. The number of ether oxygens (including phenoxy) is 1. The molecule has 0 aromatic heterocycles. The fourth-order valence-electron chi connectivity index (χ4n) is 2.07. The maximum atomic E-state index is 12.8. The summed E-state index contributed by atoms with van der Waals surface area (Å²) in [5, 5.41) is 15.8. The summed E-state index contributed by atoms with van der Waals surface area (Å²) in [5.74, 6) is -0.232. The summed E-state index contributed by atoms with van der Waals surface area (Å²) in [6.07, 6.45) is -0.203. The molecule has 6 heteroatoms. The van der Waals surface area contributed by atoms with Gasteiger partial charge in [-0.1, -0.05) is 12.1 Å². The van der Waals surface area contributed by atoms with Crippen LogP contribution in [-0.4, -0.2) is 42.0 Å². The predicted molar refractivity (Wildman–Crippen MR) is 92.4 cm³/mol. The molecule has 0 heterocycles. The highest BCUT2D eigenvalue weighted by molar-refractivity contribution is 5.68. The minimum atomic E-state index is -0.776. The van der Waals surface area contributed by atoms with Crippen LogP contribution in [0.5, 0.6) is 0 Å². The molecule has 0 radical (unpaired) electrons. The van der Waals surface area contributed by atoms with Crippen LogP contribution in [0.25, 0.3) is 0 Å². The minimum absolute atomic E-state index is 0.232. The molecule has 0 aliphatic carbocycles. The first-order valence-electron chi connectivity index (χ1n) is 8.29. The summed E-state index contributed by atoms with van der Waals surface area (Å²) in [6.45, 7) is 8.30. The molecule has 1 aromatic rings. The third kappa shape index (κ3) is 8.84. The number of hydrogen-bond acceptors (Lipinski definition) is 4. The Morgan fingerprint density at radius 3 is 2.50 bits per heavy atom. The monoisotopic (exact) mass is 340 g/mol. The van der Waals surface area contributed by atoms with Gasteiger partial charge in [-0.25, -0.2) is 9.18 Å². The number of benzene rings is 1. The molecule has 2 atom stereocenters. The second-order valence-corrected chi connectivity index (χ2v) is 6.99. The number of aliphatic hydroxyl groups excluding tert-OH is 1. The van der Waals surface area contributed by atoms with Crippen molar-refractivity contribution in [3.05, 3.63) is 35.6 Å². The summed E-state index contributed by atoms with van der Waals surface area (Å²) in [7, 11) is 0. The quantitative estimate of drug-likeness (QED) is 0.636. The van der Waals surface area contributed by atoms with E-state index >= 15 is 0 Å². The molecule has 1 rings (SSSR count). The molecule has 5 nitrogen and oxygen atoms in total. The van der Waals surface area contributed by atoms with E-state index in [0.29, 0.717) is 6.54 Å². The fraction of sp³-hybridized carbons (Fsp3) is 0.611. The van der Waals surface area contributed by atoms with E-state index in [1.165, 1.54) is 12.1 Å². The van der Waals surface area contributed by atoms with Crippen LogP contribution in [0.2, 0.25) is 0 Å². The van der Waals surface area contributed by atoms with Crippen LogP contribution < -0.4 is 10.6 Å². The van der Waals surface area contributed by atoms with E-state index in [0.717, 1.165) is 24.9 Å². The average molecular weight is 340 g/mol. The van der Waals surface area contributed by atoms with Crippen molar-refractivity contribution in [3.63, 3.8) is 0 Å². The number of carbonyl (C=O) groups excluding carboxylic acids is 1. The van der Waals surface area contributed by atoms with E-state index in [9.17, 15) is 14.3 Å². The normalized spacial score (nSPS) is 14.1. The molecule has 0 bridgehead atoms. The zero-order valence-corrected chi connectivity index (χ0v) is 14.9. The van der Waals surface area contributed by atoms with Crippen molar-refractivity contribution >= 4 is 6.09 Å². The first-order valence-corrected chi connectivity index (χ1v) is 8.29. The van der Waals surface area contributed by atoms with E-state index in [2.05, 4.69) is 10.6 Å². The summed E-state index contributed by atoms with van der Waals surface area (Å²) in [5.41, 5.74) is 0.703. The zero-order valence-electron chi connectivity index (χ0n) is 14.9. The molecule has 0 aliphatic heterocycles. The van der Waals surface area contributed by atoms with Gasteiger partial charge in [0.25, 0.3) is 0 Å². The van der Waals surface area contributed by atoms with Crippen LogP contribution in [0.1, 0.15) is 39.7 Å². The van der Waals surface area contributed by atoms with Crippen molar-refractivity contribution in [1.29, 1.82) is 0 Å². The largest absolute Gasteiger partial charge is 0.444 e. The Hall–Kier alpha value is -1.66. The molecule has 1 aromatic carbocycles. The maximum absolute atomic E-state index is 12.8. The number of aliphatic hydroxyl groups is 1. The van der Waals surface area contributed by atoms with Gasteiger partial charge < -0.3 is 20.5 Å². The van der Waals surface area contributed by atoms with Crippen LogP contribution in [0.4, 0.5) is 9.18 Å². The molecule has 0 saturated heterocycles. The van der Waals surface area contributed by atoms with Gasteiger partial charge in [-0.3, -0.25) is 0 Å². The molecule has 0 unspecified atom stereocenters. The lowest BCUT2D eigenvalue weighted by Crippen LogP contribution is -2.45. The molecule has 136 valence electrons. The van der Waals surface area contributed by atoms with Gasteiger partial charge in [-0.2, -0.15) is 0 Å². The first-order chi connectivity index (χ1) is 11.2. The van der Waals surface area contributed by atoms with Crippen molar-refractivity contribution in [2.75, 3.05) is 13.1 Å². The molecule has 24 heavy (non-hydrogen) atoms. The lowest BCUT2D eigenvalue weighted by Gasteiger charge is -2.24.